The molecule has 0 aromatic carbocycles. The molecule has 3 N–H and O–H groups in total. The number of anilines is 2. The number of fused-ring (bicyclic) bond motifs is 1. The molecule has 2 aromatic rings. The third kappa shape index (κ3) is 2.11. The summed E-state index contributed by atoms with van der Waals surface area (Å²) in [5.41, 5.74) is 1.87. The first-order valence-corrected chi connectivity index (χ1v) is 6.75. The first kappa shape index (κ1) is 12.2. The molecule has 0 saturated heterocycles. The highest BCUT2D eigenvalue weighted by Crippen LogP contribution is 2.39. The van der Waals surface area contributed by atoms with Gasteiger partial charge in [-0.25, -0.2) is 4.98 Å². The highest BCUT2D eigenvalue weighted by molar-refractivity contribution is 5.83. The fourth-order valence-corrected chi connectivity index (χ4v) is 2.81. The summed E-state index contributed by atoms with van der Waals surface area (Å²) in [5.74, 6) is 1.43. The topological polar surface area (TPSA) is 78.5 Å². The lowest BCUT2D eigenvalue weighted by molar-refractivity contribution is 0.349. The van der Waals surface area contributed by atoms with E-state index in [1.54, 1.807) is 6.33 Å². The number of hydrogen-bond donors (Lipinski definition) is 3. The van der Waals surface area contributed by atoms with E-state index in [0.717, 1.165) is 11.3 Å². The Labute approximate surface area is 112 Å². The number of imidazole rings is 1. The largest absolute Gasteiger partial charge is 0.365 e. The predicted octanol–water partition coefficient (Wildman–Crippen LogP) is 2.39. The van der Waals surface area contributed by atoms with Gasteiger partial charge in [0.05, 0.1) is 6.33 Å². The standard InChI is InChI=1S/C13H20N6/c1-13(2)6-4-5-8(13)17-11-9-10(16-7-15-9)18-12(14-3)19-11/h7-8H,4-6H2,1-3H3,(H3,14,15,16,17,18,19). The zero-order valence-electron chi connectivity index (χ0n) is 11.6. The Morgan fingerprint density at radius 2 is 2.21 bits per heavy atom. The van der Waals surface area contributed by atoms with Crippen LogP contribution in [-0.4, -0.2) is 33.0 Å². The van der Waals surface area contributed by atoms with E-state index in [9.17, 15) is 0 Å². The number of nitrogens with zero attached hydrogens (tertiary/aromatic N) is 3. The van der Waals surface area contributed by atoms with Gasteiger partial charge in [0.1, 0.15) is 5.52 Å². The number of aromatic amines is 1. The molecule has 3 rings (SSSR count). The molecule has 0 radical (unpaired) electrons. The summed E-state index contributed by atoms with van der Waals surface area (Å²) in [4.78, 5) is 16.2. The molecule has 2 aromatic heterocycles. The van der Waals surface area contributed by atoms with Gasteiger partial charge in [-0.05, 0) is 18.3 Å². The number of nitrogens with one attached hydrogen (secondary N) is 3. The molecule has 0 bridgehead atoms. The van der Waals surface area contributed by atoms with Crippen molar-refractivity contribution in [2.45, 2.75) is 39.2 Å². The van der Waals surface area contributed by atoms with Crippen LogP contribution in [0, 0.1) is 5.41 Å². The Morgan fingerprint density at radius 3 is 2.89 bits per heavy atom. The fraction of sp³-hybridized carbons (Fsp3) is 0.615. The molecule has 0 amide bonds. The normalized spacial score (nSPS) is 21.7. The maximum atomic E-state index is 4.52. The molecular formula is C13H20N6. The maximum absolute atomic E-state index is 4.52. The molecule has 0 spiro atoms. The second-order valence-electron chi connectivity index (χ2n) is 5.82. The molecule has 1 atom stereocenters. The Morgan fingerprint density at radius 1 is 1.37 bits per heavy atom. The lowest BCUT2D eigenvalue weighted by Crippen LogP contribution is -2.31. The lowest BCUT2D eigenvalue weighted by Gasteiger charge is -2.28. The molecule has 1 unspecified atom stereocenters. The number of H-pyrrole nitrogens is 1. The van der Waals surface area contributed by atoms with Crippen molar-refractivity contribution in [3.8, 4) is 0 Å². The Hall–Kier alpha value is -1.85. The molecule has 0 aliphatic heterocycles. The third-order valence-corrected chi connectivity index (χ3v) is 4.08. The Bertz CT molecular complexity index is 588. The summed E-state index contributed by atoms with van der Waals surface area (Å²) in [7, 11) is 1.82. The maximum Gasteiger partial charge on any atom is 0.226 e. The summed E-state index contributed by atoms with van der Waals surface area (Å²) in [5, 5.41) is 6.55. The van der Waals surface area contributed by atoms with Crippen LogP contribution in [0.4, 0.5) is 11.8 Å². The van der Waals surface area contributed by atoms with Crippen LogP contribution in [0.5, 0.6) is 0 Å². The van der Waals surface area contributed by atoms with E-state index in [-0.39, 0.29) is 0 Å². The molecule has 1 saturated carbocycles. The predicted molar refractivity (Wildman–Crippen MR) is 76.3 cm³/mol. The van der Waals surface area contributed by atoms with Crippen LogP contribution in [0.3, 0.4) is 0 Å². The molecule has 2 heterocycles. The van der Waals surface area contributed by atoms with Crippen LogP contribution in [0.15, 0.2) is 6.33 Å². The van der Waals surface area contributed by atoms with Gasteiger partial charge in [-0.15, -0.1) is 0 Å². The van der Waals surface area contributed by atoms with Crippen LogP contribution in [0.25, 0.3) is 11.2 Å². The van der Waals surface area contributed by atoms with E-state index in [4.69, 9.17) is 0 Å². The smallest absolute Gasteiger partial charge is 0.226 e. The third-order valence-electron chi connectivity index (χ3n) is 4.08. The fourth-order valence-electron chi connectivity index (χ4n) is 2.81. The van der Waals surface area contributed by atoms with Gasteiger partial charge in [-0.2, -0.15) is 9.97 Å². The van der Waals surface area contributed by atoms with E-state index in [1.807, 2.05) is 7.05 Å². The molecular weight excluding hydrogens is 240 g/mol. The van der Waals surface area contributed by atoms with Gasteiger partial charge in [-0.1, -0.05) is 20.3 Å². The minimum Gasteiger partial charge on any atom is -0.365 e. The van der Waals surface area contributed by atoms with E-state index in [2.05, 4.69) is 44.4 Å². The summed E-state index contributed by atoms with van der Waals surface area (Å²) >= 11 is 0. The van der Waals surface area contributed by atoms with Gasteiger partial charge in [0, 0.05) is 13.1 Å². The second-order valence-corrected chi connectivity index (χ2v) is 5.82. The van der Waals surface area contributed by atoms with E-state index in [1.165, 1.54) is 19.3 Å². The van der Waals surface area contributed by atoms with Crippen molar-refractivity contribution in [3.05, 3.63) is 6.33 Å². The highest BCUT2D eigenvalue weighted by atomic mass is 15.2. The molecule has 102 valence electrons. The zero-order chi connectivity index (χ0) is 13.5. The Kier molecular flexibility index (Phi) is 2.80. The van der Waals surface area contributed by atoms with Crippen LogP contribution in [-0.2, 0) is 0 Å². The van der Waals surface area contributed by atoms with Gasteiger partial charge >= 0.3 is 0 Å². The van der Waals surface area contributed by atoms with Crippen molar-refractivity contribution in [1.82, 2.24) is 19.9 Å². The van der Waals surface area contributed by atoms with Crippen LogP contribution in [0.2, 0.25) is 0 Å². The van der Waals surface area contributed by atoms with E-state index in [0.29, 0.717) is 23.1 Å². The van der Waals surface area contributed by atoms with Crippen LogP contribution < -0.4 is 10.6 Å². The number of aromatic nitrogens is 4. The minimum absolute atomic E-state index is 0.303. The quantitative estimate of drug-likeness (QED) is 0.789. The molecule has 19 heavy (non-hydrogen) atoms. The van der Waals surface area contributed by atoms with Gasteiger partial charge in [0.25, 0.3) is 0 Å². The first-order chi connectivity index (χ1) is 9.10. The van der Waals surface area contributed by atoms with Gasteiger partial charge in [-0.3, -0.25) is 0 Å². The second kappa shape index (κ2) is 4.36. The summed E-state index contributed by atoms with van der Waals surface area (Å²) in [6.45, 7) is 4.62. The molecule has 6 heteroatoms. The average Bonchev–Trinajstić information content (AvgIpc) is 2.96. The van der Waals surface area contributed by atoms with Crippen molar-refractivity contribution < 1.29 is 0 Å². The Balaban J connectivity index is 1.97. The monoisotopic (exact) mass is 260 g/mol. The molecule has 6 nitrogen and oxygen atoms in total. The van der Waals surface area contributed by atoms with Gasteiger partial charge in [0.2, 0.25) is 5.95 Å². The lowest BCUT2D eigenvalue weighted by atomic mass is 9.87. The van der Waals surface area contributed by atoms with Crippen molar-refractivity contribution in [1.29, 1.82) is 0 Å². The van der Waals surface area contributed by atoms with Crippen molar-refractivity contribution in [2.75, 3.05) is 17.7 Å². The average molecular weight is 260 g/mol. The summed E-state index contributed by atoms with van der Waals surface area (Å²) in [6, 6.07) is 0.443. The van der Waals surface area contributed by atoms with Crippen LogP contribution >= 0.6 is 0 Å². The molecule has 1 fully saturated rings. The SMILES string of the molecule is CNc1nc(NC2CCCC2(C)C)c2[nH]cnc2n1. The number of hydrogen-bond acceptors (Lipinski definition) is 5. The van der Waals surface area contributed by atoms with Gasteiger partial charge < -0.3 is 15.6 Å². The summed E-state index contributed by atoms with van der Waals surface area (Å²) in [6.07, 6.45) is 5.35. The number of rotatable bonds is 3. The van der Waals surface area contributed by atoms with E-state index >= 15 is 0 Å². The summed E-state index contributed by atoms with van der Waals surface area (Å²) < 4.78 is 0. The van der Waals surface area contributed by atoms with E-state index < -0.39 is 0 Å². The first-order valence-electron chi connectivity index (χ1n) is 6.75. The zero-order valence-corrected chi connectivity index (χ0v) is 11.6. The van der Waals surface area contributed by atoms with Crippen molar-refractivity contribution in [3.63, 3.8) is 0 Å². The van der Waals surface area contributed by atoms with Crippen LogP contribution in [0.1, 0.15) is 33.1 Å². The minimum atomic E-state index is 0.303. The van der Waals surface area contributed by atoms with Crippen molar-refractivity contribution in [2.24, 2.45) is 5.41 Å². The highest BCUT2D eigenvalue weighted by Gasteiger charge is 2.35. The van der Waals surface area contributed by atoms with Crippen molar-refractivity contribution >= 4 is 22.9 Å². The molecule has 1 aliphatic rings. The van der Waals surface area contributed by atoms with Gasteiger partial charge in [0.15, 0.2) is 11.5 Å². The molecule has 1 aliphatic carbocycles.